The molecule has 13 heteroatoms. The van der Waals surface area contributed by atoms with E-state index in [2.05, 4.69) is 21.6 Å². The van der Waals surface area contributed by atoms with Crippen LogP contribution in [0.15, 0.2) is 48.7 Å². The molecule has 3 rings (SSSR count). The number of carbonyl (C=O) groups is 2. The summed E-state index contributed by atoms with van der Waals surface area (Å²) in [6, 6.07) is 5.36. The summed E-state index contributed by atoms with van der Waals surface area (Å²) in [5.74, 6) is 3.40. The van der Waals surface area contributed by atoms with Crippen LogP contribution in [0.4, 0.5) is 36.4 Å². The molecule has 1 unspecified atom stereocenters. The highest BCUT2D eigenvalue weighted by Gasteiger charge is 2.41. The van der Waals surface area contributed by atoms with E-state index >= 15 is 0 Å². The van der Waals surface area contributed by atoms with Crippen molar-refractivity contribution in [1.82, 2.24) is 4.98 Å². The van der Waals surface area contributed by atoms with Gasteiger partial charge in [0.1, 0.15) is 17.6 Å². The quantitative estimate of drug-likeness (QED) is 0.195. The highest BCUT2D eigenvalue weighted by atomic mass is 19.4. The second-order valence-electron chi connectivity index (χ2n) is 10.5. The van der Waals surface area contributed by atoms with Gasteiger partial charge >= 0.3 is 18.3 Å². The van der Waals surface area contributed by atoms with E-state index in [0.29, 0.717) is 28.8 Å². The van der Waals surface area contributed by atoms with Gasteiger partial charge in [0.2, 0.25) is 5.91 Å². The molecule has 0 aliphatic carbocycles. The molecule has 1 amide bonds. The van der Waals surface area contributed by atoms with Crippen LogP contribution in [-0.4, -0.2) is 37.1 Å². The molecule has 2 aromatic carbocycles. The third kappa shape index (κ3) is 7.55. The molecular weight excluding hydrogens is 595 g/mol. The summed E-state index contributed by atoms with van der Waals surface area (Å²) in [5, 5.41) is 0. The van der Waals surface area contributed by atoms with Gasteiger partial charge in [0.25, 0.3) is 0 Å². The number of hydrogen-bond donors (Lipinski definition) is 1. The molecule has 0 spiro atoms. The molecule has 0 aliphatic rings. The number of hydrogen-bond acceptors (Lipinski definition) is 5. The van der Waals surface area contributed by atoms with E-state index in [0.717, 1.165) is 4.90 Å². The van der Waals surface area contributed by atoms with Crippen molar-refractivity contribution in [3.05, 3.63) is 82.4 Å². The molecule has 3 aromatic rings. The van der Waals surface area contributed by atoms with Crippen LogP contribution < -0.4 is 10.6 Å². The molecule has 6 nitrogen and oxygen atoms in total. The number of esters is 1. The zero-order chi connectivity index (χ0) is 33.2. The molecule has 0 bridgehead atoms. The molecule has 0 radical (unpaired) electrons. The third-order valence-electron chi connectivity index (χ3n) is 6.91. The van der Waals surface area contributed by atoms with Crippen molar-refractivity contribution < 1.29 is 45.1 Å². The molecule has 1 aromatic heterocycles. The Balaban J connectivity index is 2.13. The second-order valence-corrected chi connectivity index (χ2v) is 10.5. The monoisotopic (exact) mass is 623 g/mol. The first kappa shape index (κ1) is 34.1. The molecule has 1 heterocycles. The average Bonchev–Trinajstić information content (AvgIpc) is 2.94. The number of halogens is 7. The lowest BCUT2D eigenvalue weighted by Crippen LogP contribution is -2.42. The van der Waals surface area contributed by atoms with E-state index in [1.165, 1.54) is 58.5 Å². The second kappa shape index (κ2) is 12.7. The van der Waals surface area contributed by atoms with Crippen molar-refractivity contribution in [2.24, 2.45) is 5.73 Å². The minimum atomic E-state index is -5.10. The summed E-state index contributed by atoms with van der Waals surface area (Å²) in [5.41, 5.74) is 1.74. The summed E-state index contributed by atoms with van der Waals surface area (Å²) in [6.45, 7) is 4.03. The first-order chi connectivity index (χ1) is 20.3. The zero-order valence-corrected chi connectivity index (χ0v) is 24.2. The number of nitrogens with zero attached hydrogens (tertiary/aromatic N) is 2. The maximum atomic E-state index is 13.9. The SMILES string of the molecule is COC(=O)C(N)CC#Cc1cc(-c2ccc(F)cc2C)c(N(C)C(=O)C(C)(C)c2cc(C(F)(F)F)cc(C(F)(F)F)c2)cn1. The van der Waals surface area contributed by atoms with Gasteiger partial charge in [-0.25, -0.2) is 9.37 Å². The van der Waals surface area contributed by atoms with Gasteiger partial charge in [-0.15, -0.1) is 0 Å². The predicted octanol–water partition coefficient (Wildman–Crippen LogP) is 6.42. The van der Waals surface area contributed by atoms with E-state index < -0.39 is 58.2 Å². The maximum Gasteiger partial charge on any atom is 0.416 e. The third-order valence-corrected chi connectivity index (χ3v) is 6.91. The Morgan fingerprint density at radius 3 is 2.05 bits per heavy atom. The number of likely N-dealkylation sites (N-methyl/N-ethyl adjacent to an activating group) is 1. The predicted molar refractivity (Wildman–Crippen MR) is 149 cm³/mol. The number of aromatic nitrogens is 1. The topological polar surface area (TPSA) is 85.5 Å². The Labute approximate surface area is 249 Å². The average molecular weight is 624 g/mol. The van der Waals surface area contributed by atoms with Gasteiger partial charge in [0, 0.05) is 19.0 Å². The number of pyridine rings is 1. The first-order valence-corrected chi connectivity index (χ1v) is 12.9. The normalized spacial score (nSPS) is 12.7. The van der Waals surface area contributed by atoms with E-state index in [1.54, 1.807) is 6.92 Å². The van der Waals surface area contributed by atoms with Crippen LogP contribution in [-0.2, 0) is 32.1 Å². The van der Waals surface area contributed by atoms with E-state index in [4.69, 9.17) is 5.73 Å². The molecule has 44 heavy (non-hydrogen) atoms. The highest BCUT2D eigenvalue weighted by molar-refractivity contribution is 6.03. The number of rotatable bonds is 6. The Morgan fingerprint density at radius 2 is 1.52 bits per heavy atom. The summed E-state index contributed by atoms with van der Waals surface area (Å²) in [7, 11) is 2.47. The van der Waals surface area contributed by atoms with Gasteiger partial charge in [-0.1, -0.05) is 12.0 Å². The van der Waals surface area contributed by atoms with E-state index in [9.17, 15) is 40.3 Å². The van der Waals surface area contributed by atoms with Crippen LogP contribution in [0.2, 0.25) is 0 Å². The lowest BCUT2D eigenvalue weighted by Gasteiger charge is -2.32. The minimum absolute atomic E-state index is 0.00901. The minimum Gasteiger partial charge on any atom is -0.468 e. The van der Waals surface area contributed by atoms with Gasteiger partial charge in [-0.3, -0.25) is 9.59 Å². The van der Waals surface area contributed by atoms with Crippen LogP contribution in [0.1, 0.15) is 48.2 Å². The van der Waals surface area contributed by atoms with Crippen molar-refractivity contribution in [1.29, 1.82) is 0 Å². The van der Waals surface area contributed by atoms with Gasteiger partial charge in [-0.2, -0.15) is 26.3 Å². The summed E-state index contributed by atoms with van der Waals surface area (Å²) >= 11 is 0. The van der Waals surface area contributed by atoms with Crippen molar-refractivity contribution in [3.8, 4) is 23.0 Å². The van der Waals surface area contributed by atoms with Gasteiger partial charge in [0.15, 0.2) is 0 Å². The van der Waals surface area contributed by atoms with Crippen LogP contribution in [0, 0.1) is 24.6 Å². The summed E-state index contributed by atoms with van der Waals surface area (Å²) in [4.78, 5) is 30.7. The van der Waals surface area contributed by atoms with Crippen molar-refractivity contribution >= 4 is 17.6 Å². The number of amides is 1. The molecule has 0 saturated carbocycles. The lowest BCUT2D eigenvalue weighted by molar-refractivity contribution is -0.144. The lowest BCUT2D eigenvalue weighted by atomic mass is 9.81. The maximum absolute atomic E-state index is 13.9. The van der Waals surface area contributed by atoms with Crippen LogP contribution in [0.25, 0.3) is 11.1 Å². The molecule has 0 aliphatic heterocycles. The summed E-state index contributed by atoms with van der Waals surface area (Å²) in [6.07, 6.45) is -9.01. The van der Waals surface area contributed by atoms with Crippen molar-refractivity contribution in [3.63, 3.8) is 0 Å². The molecule has 0 fully saturated rings. The largest absolute Gasteiger partial charge is 0.468 e. The number of ether oxygens (including phenoxy) is 1. The van der Waals surface area contributed by atoms with Gasteiger partial charge in [0.05, 0.1) is 35.5 Å². The Hall–Kier alpha value is -4.44. The number of carbonyl (C=O) groups excluding carboxylic acids is 2. The smallest absolute Gasteiger partial charge is 0.416 e. The Morgan fingerprint density at radius 1 is 0.955 bits per heavy atom. The molecular formula is C31H28F7N3O3. The van der Waals surface area contributed by atoms with E-state index in [-0.39, 0.29) is 23.9 Å². The fourth-order valence-corrected chi connectivity index (χ4v) is 4.38. The number of aryl methyl sites for hydroxylation is 1. The zero-order valence-electron chi connectivity index (χ0n) is 24.2. The highest BCUT2D eigenvalue weighted by Crippen LogP contribution is 2.41. The van der Waals surface area contributed by atoms with Gasteiger partial charge in [-0.05, 0) is 79.8 Å². The standard InChI is InChI=1S/C31H28F7N3O3/c1-17-11-21(32)9-10-23(17)24-15-22(7-6-8-25(39)27(42)44-5)40-16-26(24)41(4)28(43)29(2,3)18-12-19(30(33,34)35)14-20(13-18)31(36,37)38/h9-16,25H,8,39H2,1-5H3. The Kier molecular flexibility index (Phi) is 9.80. The van der Waals surface area contributed by atoms with E-state index in [1.807, 2.05) is 0 Å². The van der Waals surface area contributed by atoms with Crippen LogP contribution >= 0.6 is 0 Å². The molecule has 0 saturated heterocycles. The number of alkyl halides is 6. The first-order valence-electron chi connectivity index (χ1n) is 12.9. The molecule has 2 N–H and O–H groups in total. The van der Waals surface area contributed by atoms with Crippen LogP contribution in [0.5, 0.6) is 0 Å². The van der Waals surface area contributed by atoms with Crippen molar-refractivity contribution in [2.75, 3.05) is 19.1 Å². The number of anilines is 1. The number of methoxy groups -OCH3 is 1. The Bertz CT molecular complexity index is 1600. The molecule has 234 valence electrons. The van der Waals surface area contributed by atoms with Crippen LogP contribution in [0.3, 0.4) is 0 Å². The number of nitrogens with two attached hydrogens (primary N) is 1. The molecule has 1 atom stereocenters. The number of benzene rings is 2. The fraction of sp³-hybridized carbons (Fsp3) is 0.323. The van der Waals surface area contributed by atoms with Gasteiger partial charge < -0.3 is 15.4 Å². The summed E-state index contributed by atoms with van der Waals surface area (Å²) < 4.78 is 99.8. The fourth-order valence-electron chi connectivity index (χ4n) is 4.38. The van der Waals surface area contributed by atoms with Crippen molar-refractivity contribution in [2.45, 2.75) is 51.0 Å².